The number of rotatable bonds is 6. The second kappa shape index (κ2) is 6.88. The lowest BCUT2D eigenvalue weighted by Gasteiger charge is -2.17. The molecule has 0 radical (unpaired) electrons. The maximum atomic E-state index is 11.5. The molecule has 20 heavy (non-hydrogen) atoms. The fourth-order valence-electron chi connectivity index (χ4n) is 1.59. The van der Waals surface area contributed by atoms with Crippen LogP contribution in [0.2, 0.25) is 0 Å². The van der Waals surface area contributed by atoms with Crippen molar-refractivity contribution < 1.29 is 14.5 Å². The monoisotopic (exact) mass is 280 g/mol. The zero-order valence-electron chi connectivity index (χ0n) is 12.2. The fraction of sp³-hybridized carbons (Fsp3) is 0.500. The van der Waals surface area contributed by atoms with Crippen LogP contribution in [0.3, 0.4) is 0 Å². The van der Waals surface area contributed by atoms with Crippen LogP contribution in [0.15, 0.2) is 18.2 Å². The van der Waals surface area contributed by atoms with Gasteiger partial charge in [0.15, 0.2) is 0 Å². The standard InChI is InChI=1S/C14H20N2O4/c1-9(2)10(3)8-15-12-7-11(14(17)20-4)5-6-13(12)16(18)19/h5-7,9-10,15H,8H2,1-4H3. The molecule has 0 bridgehead atoms. The first kappa shape index (κ1) is 15.9. The molecule has 1 rings (SSSR count). The third-order valence-electron chi connectivity index (χ3n) is 3.37. The van der Waals surface area contributed by atoms with Crippen molar-refractivity contribution >= 4 is 17.3 Å². The molecule has 110 valence electrons. The minimum atomic E-state index is -0.514. The Bertz CT molecular complexity index is 500. The number of nitrogens with zero attached hydrogens (tertiary/aromatic N) is 1. The molecule has 1 aromatic rings. The molecule has 0 aliphatic rings. The average Bonchev–Trinajstić information content (AvgIpc) is 2.43. The van der Waals surface area contributed by atoms with Crippen molar-refractivity contribution in [3.63, 3.8) is 0 Å². The Balaban J connectivity index is 3.00. The van der Waals surface area contributed by atoms with Crippen LogP contribution in [0, 0.1) is 22.0 Å². The summed E-state index contributed by atoms with van der Waals surface area (Å²) >= 11 is 0. The van der Waals surface area contributed by atoms with E-state index in [0.717, 1.165) is 0 Å². The lowest BCUT2D eigenvalue weighted by Crippen LogP contribution is -2.17. The Labute approximate surface area is 118 Å². The average molecular weight is 280 g/mol. The highest BCUT2D eigenvalue weighted by Gasteiger charge is 2.18. The van der Waals surface area contributed by atoms with Crippen LogP contribution in [0.1, 0.15) is 31.1 Å². The number of ether oxygens (including phenoxy) is 1. The van der Waals surface area contributed by atoms with Crippen LogP contribution in [-0.4, -0.2) is 24.5 Å². The first-order valence-corrected chi connectivity index (χ1v) is 6.47. The highest BCUT2D eigenvalue weighted by Crippen LogP contribution is 2.26. The molecule has 1 N–H and O–H groups in total. The zero-order chi connectivity index (χ0) is 15.3. The van der Waals surface area contributed by atoms with Crippen molar-refractivity contribution in [2.45, 2.75) is 20.8 Å². The summed E-state index contributed by atoms with van der Waals surface area (Å²) in [4.78, 5) is 22.0. The number of nitro benzene ring substituents is 1. The lowest BCUT2D eigenvalue weighted by molar-refractivity contribution is -0.384. The van der Waals surface area contributed by atoms with Crippen molar-refractivity contribution in [1.82, 2.24) is 0 Å². The van der Waals surface area contributed by atoms with E-state index in [4.69, 9.17) is 0 Å². The van der Waals surface area contributed by atoms with Gasteiger partial charge in [-0.15, -0.1) is 0 Å². The van der Waals surface area contributed by atoms with Gasteiger partial charge in [-0.25, -0.2) is 4.79 Å². The van der Waals surface area contributed by atoms with Gasteiger partial charge in [0, 0.05) is 12.6 Å². The number of esters is 1. The molecule has 0 spiro atoms. The molecule has 0 aliphatic heterocycles. The van der Waals surface area contributed by atoms with E-state index in [0.29, 0.717) is 24.1 Å². The van der Waals surface area contributed by atoms with Crippen LogP contribution >= 0.6 is 0 Å². The smallest absolute Gasteiger partial charge is 0.337 e. The topological polar surface area (TPSA) is 81.5 Å². The molecule has 0 fully saturated rings. The van der Waals surface area contributed by atoms with E-state index >= 15 is 0 Å². The van der Waals surface area contributed by atoms with Gasteiger partial charge < -0.3 is 10.1 Å². The van der Waals surface area contributed by atoms with Crippen LogP contribution in [-0.2, 0) is 4.74 Å². The summed E-state index contributed by atoms with van der Waals surface area (Å²) in [6.07, 6.45) is 0. The third-order valence-corrected chi connectivity index (χ3v) is 3.37. The molecule has 0 saturated heterocycles. The van der Waals surface area contributed by atoms with Crippen LogP contribution < -0.4 is 5.32 Å². The molecule has 0 heterocycles. The molecule has 0 amide bonds. The van der Waals surface area contributed by atoms with Crippen molar-refractivity contribution in [2.24, 2.45) is 11.8 Å². The zero-order valence-corrected chi connectivity index (χ0v) is 12.2. The van der Waals surface area contributed by atoms with E-state index in [9.17, 15) is 14.9 Å². The molecule has 0 saturated carbocycles. The van der Waals surface area contributed by atoms with Crippen LogP contribution in [0.25, 0.3) is 0 Å². The number of nitro groups is 1. The summed E-state index contributed by atoms with van der Waals surface area (Å²) in [6.45, 7) is 6.84. The van der Waals surface area contributed by atoms with Gasteiger partial charge in [-0.2, -0.15) is 0 Å². The molecule has 0 aromatic heterocycles. The largest absolute Gasteiger partial charge is 0.465 e. The van der Waals surface area contributed by atoms with Crippen molar-refractivity contribution in [3.8, 4) is 0 Å². The van der Waals surface area contributed by atoms with Gasteiger partial charge in [0.25, 0.3) is 5.69 Å². The Hall–Kier alpha value is -2.11. The van der Waals surface area contributed by atoms with Crippen molar-refractivity contribution in [1.29, 1.82) is 0 Å². The number of methoxy groups -OCH3 is 1. The SMILES string of the molecule is COC(=O)c1ccc([N+](=O)[O-])c(NCC(C)C(C)C)c1. The minimum Gasteiger partial charge on any atom is -0.465 e. The van der Waals surface area contributed by atoms with E-state index in [1.165, 1.54) is 25.3 Å². The van der Waals surface area contributed by atoms with Gasteiger partial charge in [-0.1, -0.05) is 20.8 Å². The van der Waals surface area contributed by atoms with E-state index in [2.05, 4.69) is 30.8 Å². The van der Waals surface area contributed by atoms with Gasteiger partial charge in [0.05, 0.1) is 17.6 Å². The molecule has 1 atom stereocenters. The summed E-state index contributed by atoms with van der Waals surface area (Å²) in [6, 6.07) is 4.16. The van der Waals surface area contributed by atoms with E-state index in [1.807, 2.05) is 0 Å². The number of benzene rings is 1. The minimum absolute atomic E-state index is 0.0476. The van der Waals surface area contributed by atoms with E-state index in [1.54, 1.807) is 0 Å². The Morgan fingerprint density at radius 2 is 2.05 bits per heavy atom. The molecular weight excluding hydrogens is 260 g/mol. The molecule has 6 heteroatoms. The second-order valence-electron chi connectivity index (χ2n) is 5.08. The maximum Gasteiger partial charge on any atom is 0.337 e. The fourth-order valence-corrected chi connectivity index (χ4v) is 1.59. The number of anilines is 1. The van der Waals surface area contributed by atoms with Gasteiger partial charge in [-0.05, 0) is 24.0 Å². The highest BCUT2D eigenvalue weighted by atomic mass is 16.6. The highest BCUT2D eigenvalue weighted by molar-refractivity contribution is 5.91. The van der Waals surface area contributed by atoms with Gasteiger partial charge >= 0.3 is 5.97 Å². The van der Waals surface area contributed by atoms with Gasteiger partial charge in [0.2, 0.25) is 0 Å². The first-order valence-electron chi connectivity index (χ1n) is 6.47. The number of carbonyl (C=O) groups is 1. The maximum absolute atomic E-state index is 11.5. The quantitative estimate of drug-likeness (QED) is 0.492. The summed E-state index contributed by atoms with van der Waals surface area (Å²) in [5.74, 6) is 0.307. The van der Waals surface area contributed by atoms with E-state index < -0.39 is 10.9 Å². The van der Waals surface area contributed by atoms with Gasteiger partial charge in [0.1, 0.15) is 5.69 Å². The molecule has 0 aliphatic carbocycles. The number of carbonyl (C=O) groups excluding carboxylic acids is 1. The van der Waals surface area contributed by atoms with E-state index in [-0.39, 0.29) is 11.3 Å². The van der Waals surface area contributed by atoms with Crippen molar-refractivity contribution in [2.75, 3.05) is 19.0 Å². The molecule has 1 aromatic carbocycles. The summed E-state index contributed by atoms with van der Waals surface area (Å²) < 4.78 is 4.62. The summed E-state index contributed by atoms with van der Waals surface area (Å²) in [5, 5.41) is 14.0. The number of nitrogens with one attached hydrogen (secondary N) is 1. The Morgan fingerprint density at radius 3 is 2.55 bits per heavy atom. The Morgan fingerprint density at radius 1 is 1.40 bits per heavy atom. The number of hydrogen-bond donors (Lipinski definition) is 1. The van der Waals surface area contributed by atoms with Crippen LogP contribution in [0.4, 0.5) is 11.4 Å². The van der Waals surface area contributed by atoms with Crippen molar-refractivity contribution in [3.05, 3.63) is 33.9 Å². The van der Waals surface area contributed by atoms with Gasteiger partial charge in [-0.3, -0.25) is 10.1 Å². The normalized spacial score (nSPS) is 12.1. The Kier molecular flexibility index (Phi) is 5.49. The first-order chi connectivity index (χ1) is 9.36. The predicted octanol–water partition coefficient (Wildman–Crippen LogP) is 3.09. The lowest BCUT2D eigenvalue weighted by atomic mass is 9.98. The number of hydrogen-bond acceptors (Lipinski definition) is 5. The molecular formula is C14H20N2O4. The third kappa shape index (κ3) is 3.94. The molecule has 6 nitrogen and oxygen atoms in total. The second-order valence-corrected chi connectivity index (χ2v) is 5.08. The predicted molar refractivity (Wildman–Crippen MR) is 76.9 cm³/mol. The van der Waals surface area contributed by atoms with Crippen LogP contribution in [0.5, 0.6) is 0 Å². The summed E-state index contributed by atoms with van der Waals surface area (Å²) in [7, 11) is 1.28. The summed E-state index contributed by atoms with van der Waals surface area (Å²) in [5.41, 5.74) is 0.580. The molecule has 1 unspecified atom stereocenters.